The third-order valence-corrected chi connectivity index (χ3v) is 6.08. The van der Waals surface area contributed by atoms with Gasteiger partial charge in [0, 0.05) is 24.7 Å². The molecule has 0 aliphatic carbocycles. The number of rotatable bonds is 5. The van der Waals surface area contributed by atoms with E-state index in [1.807, 2.05) is 0 Å². The van der Waals surface area contributed by atoms with Crippen LogP contribution in [-0.4, -0.2) is 70.8 Å². The number of carbonyl (C=O) groups excluding carboxylic acids is 3. The first-order chi connectivity index (χ1) is 15.3. The predicted molar refractivity (Wildman–Crippen MR) is 116 cm³/mol. The van der Waals surface area contributed by atoms with E-state index in [1.165, 1.54) is 12.1 Å². The molecule has 0 atom stereocenters. The molecular formula is C22H20N2O7S. The number of hydrogen-bond donors (Lipinski definition) is 1. The lowest BCUT2D eigenvalue weighted by Crippen LogP contribution is -2.46. The third kappa shape index (κ3) is 4.46. The number of carboxylic acid groups (broad SMARTS) is 1. The van der Waals surface area contributed by atoms with Gasteiger partial charge in [0.15, 0.2) is 0 Å². The maximum atomic E-state index is 12.7. The summed E-state index contributed by atoms with van der Waals surface area (Å²) in [7, 11) is 0. The smallest absolute Gasteiger partial charge is 0.335 e. The molecule has 2 aromatic rings. The Labute approximate surface area is 187 Å². The number of imide groups is 1. The van der Waals surface area contributed by atoms with Crippen molar-refractivity contribution in [3.8, 4) is 11.3 Å². The second kappa shape index (κ2) is 9.01. The minimum absolute atomic E-state index is 0.170. The number of aromatic carboxylic acids is 1. The standard InChI is InChI=1S/C22H20N2O7S/c1-13-10-14(21(27)28)2-4-16(13)17-5-3-15(31-17)11-18-20(26)24(22(29)32-18)12-19(25)23-6-8-30-9-7-23/h2-5,10-11H,6-9,12H2,1H3,(H,27,28). The Morgan fingerprint density at radius 1 is 1.16 bits per heavy atom. The van der Waals surface area contributed by atoms with Crippen molar-refractivity contribution in [1.82, 2.24) is 9.80 Å². The maximum absolute atomic E-state index is 12.7. The fraction of sp³-hybridized carbons (Fsp3) is 0.273. The molecule has 0 bridgehead atoms. The van der Waals surface area contributed by atoms with Crippen LogP contribution in [0.5, 0.6) is 0 Å². The van der Waals surface area contributed by atoms with Crippen molar-refractivity contribution in [3.05, 3.63) is 52.1 Å². The van der Waals surface area contributed by atoms with Crippen LogP contribution < -0.4 is 0 Å². The molecule has 4 rings (SSSR count). The number of amides is 3. The SMILES string of the molecule is Cc1cc(C(=O)O)ccc1-c1ccc(C=C2SC(=O)N(CC(=O)N3CCOCC3)C2=O)o1. The highest BCUT2D eigenvalue weighted by Gasteiger charge is 2.37. The molecule has 9 nitrogen and oxygen atoms in total. The highest BCUT2D eigenvalue weighted by Crippen LogP contribution is 2.34. The molecule has 166 valence electrons. The van der Waals surface area contributed by atoms with Gasteiger partial charge >= 0.3 is 5.97 Å². The molecule has 3 amide bonds. The van der Waals surface area contributed by atoms with Gasteiger partial charge in [-0.15, -0.1) is 0 Å². The Kier molecular flexibility index (Phi) is 6.15. The number of hydrogen-bond acceptors (Lipinski definition) is 7. The van der Waals surface area contributed by atoms with E-state index in [2.05, 4.69) is 0 Å². The van der Waals surface area contributed by atoms with Crippen molar-refractivity contribution in [2.24, 2.45) is 0 Å². The summed E-state index contributed by atoms with van der Waals surface area (Å²) in [5.74, 6) is -0.972. The van der Waals surface area contributed by atoms with Crippen molar-refractivity contribution >= 4 is 40.9 Å². The highest BCUT2D eigenvalue weighted by atomic mass is 32.2. The van der Waals surface area contributed by atoms with Gasteiger partial charge in [-0.3, -0.25) is 19.3 Å². The molecule has 0 spiro atoms. The monoisotopic (exact) mass is 456 g/mol. The third-order valence-electron chi connectivity index (χ3n) is 5.17. The summed E-state index contributed by atoms with van der Waals surface area (Å²) >= 11 is 0.756. The molecule has 0 unspecified atom stereocenters. The largest absolute Gasteiger partial charge is 0.478 e. The Balaban J connectivity index is 1.48. The Morgan fingerprint density at radius 2 is 1.91 bits per heavy atom. The Hall–Kier alpha value is -3.37. The summed E-state index contributed by atoms with van der Waals surface area (Å²) in [6.07, 6.45) is 1.47. The van der Waals surface area contributed by atoms with E-state index in [4.69, 9.17) is 14.3 Å². The minimum atomic E-state index is -1.01. The van der Waals surface area contributed by atoms with E-state index in [9.17, 15) is 19.2 Å². The molecule has 2 aliphatic heterocycles. The van der Waals surface area contributed by atoms with Crippen molar-refractivity contribution in [2.45, 2.75) is 6.92 Å². The molecule has 2 fully saturated rings. The van der Waals surface area contributed by atoms with Gasteiger partial charge < -0.3 is 19.2 Å². The van der Waals surface area contributed by atoms with Crippen LogP contribution in [0.15, 0.2) is 39.7 Å². The average Bonchev–Trinajstić information content (AvgIpc) is 3.34. The lowest BCUT2D eigenvalue weighted by atomic mass is 10.0. The quantitative estimate of drug-likeness (QED) is 0.683. The maximum Gasteiger partial charge on any atom is 0.335 e. The highest BCUT2D eigenvalue weighted by molar-refractivity contribution is 8.18. The number of benzene rings is 1. The van der Waals surface area contributed by atoms with Gasteiger partial charge in [0.25, 0.3) is 11.1 Å². The molecule has 3 heterocycles. The van der Waals surface area contributed by atoms with Crippen LogP contribution in [0.2, 0.25) is 0 Å². The first kappa shape index (κ1) is 21.8. The average molecular weight is 456 g/mol. The lowest BCUT2D eigenvalue weighted by Gasteiger charge is -2.27. The zero-order valence-electron chi connectivity index (χ0n) is 17.2. The summed E-state index contributed by atoms with van der Waals surface area (Å²) in [6.45, 7) is 3.22. The Morgan fingerprint density at radius 3 is 2.59 bits per heavy atom. The van der Waals surface area contributed by atoms with Crippen LogP contribution >= 0.6 is 11.8 Å². The van der Waals surface area contributed by atoms with Crippen molar-refractivity contribution < 1.29 is 33.4 Å². The first-order valence-corrected chi connectivity index (χ1v) is 10.7. The number of furan rings is 1. The zero-order valence-corrected chi connectivity index (χ0v) is 18.0. The van der Waals surface area contributed by atoms with Gasteiger partial charge in [0.1, 0.15) is 18.1 Å². The van der Waals surface area contributed by atoms with Crippen molar-refractivity contribution in [3.63, 3.8) is 0 Å². The first-order valence-electron chi connectivity index (χ1n) is 9.88. The van der Waals surface area contributed by atoms with E-state index in [0.717, 1.165) is 27.8 Å². The fourth-order valence-electron chi connectivity index (χ4n) is 3.46. The van der Waals surface area contributed by atoms with Crippen molar-refractivity contribution in [1.29, 1.82) is 0 Å². The van der Waals surface area contributed by atoms with Gasteiger partial charge in [-0.05, 0) is 48.5 Å². The molecule has 0 radical (unpaired) electrons. The number of morpholine rings is 1. The number of nitrogens with zero attached hydrogens (tertiary/aromatic N) is 2. The number of carboxylic acids is 1. The van der Waals surface area contributed by atoms with E-state index in [-0.39, 0.29) is 22.9 Å². The van der Waals surface area contributed by atoms with Gasteiger partial charge in [0.2, 0.25) is 5.91 Å². The number of ether oxygens (including phenoxy) is 1. The van der Waals surface area contributed by atoms with E-state index in [0.29, 0.717) is 37.8 Å². The van der Waals surface area contributed by atoms with Crippen LogP contribution in [0.4, 0.5) is 4.79 Å². The number of thioether (sulfide) groups is 1. The molecule has 32 heavy (non-hydrogen) atoms. The fourth-order valence-corrected chi connectivity index (χ4v) is 4.28. The van der Waals surface area contributed by atoms with E-state index < -0.39 is 17.1 Å². The van der Waals surface area contributed by atoms with Crippen LogP contribution in [0.3, 0.4) is 0 Å². The summed E-state index contributed by atoms with van der Waals surface area (Å²) < 4.78 is 11.0. The van der Waals surface area contributed by atoms with Gasteiger partial charge in [0.05, 0.1) is 23.7 Å². The molecular weight excluding hydrogens is 436 g/mol. The van der Waals surface area contributed by atoms with Crippen LogP contribution in [0.1, 0.15) is 21.7 Å². The second-order valence-corrected chi connectivity index (χ2v) is 8.29. The zero-order chi connectivity index (χ0) is 22.8. The number of carbonyl (C=O) groups is 4. The van der Waals surface area contributed by atoms with E-state index in [1.54, 1.807) is 36.1 Å². The van der Waals surface area contributed by atoms with Crippen LogP contribution in [0, 0.1) is 6.92 Å². The molecule has 1 aromatic heterocycles. The second-order valence-electron chi connectivity index (χ2n) is 7.30. The van der Waals surface area contributed by atoms with Gasteiger partial charge in [-0.25, -0.2) is 4.79 Å². The van der Waals surface area contributed by atoms with Gasteiger partial charge in [-0.1, -0.05) is 6.07 Å². The van der Waals surface area contributed by atoms with Gasteiger partial charge in [-0.2, -0.15) is 0 Å². The predicted octanol–water partition coefficient (Wildman–Crippen LogP) is 2.85. The molecule has 0 saturated carbocycles. The van der Waals surface area contributed by atoms with Crippen molar-refractivity contribution in [2.75, 3.05) is 32.8 Å². The minimum Gasteiger partial charge on any atom is -0.478 e. The van der Waals surface area contributed by atoms with Crippen LogP contribution in [-0.2, 0) is 14.3 Å². The number of aryl methyl sites for hydroxylation is 1. The summed E-state index contributed by atoms with van der Waals surface area (Å²) in [4.78, 5) is 51.2. The molecule has 10 heteroatoms. The molecule has 1 aromatic carbocycles. The molecule has 2 aliphatic rings. The van der Waals surface area contributed by atoms with Crippen LogP contribution in [0.25, 0.3) is 17.4 Å². The summed E-state index contributed by atoms with van der Waals surface area (Å²) in [5.41, 5.74) is 1.63. The summed E-state index contributed by atoms with van der Waals surface area (Å²) in [5, 5.41) is 8.60. The molecule has 1 N–H and O–H groups in total. The summed E-state index contributed by atoms with van der Waals surface area (Å²) in [6, 6.07) is 8.07. The lowest BCUT2D eigenvalue weighted by molar-refractivity contribution is -0.139. The molecule has 2 saturated heterocycles. The topological polar surface area (TPSA) is 117 Å². The van der Waals surface area contributed by atoms with E-state index >= 15 is 0 Å². The Bertz CT molecular complexity index is 1130. The normalized spacial score (nSPS) is 18.0.